The van der Waals surface area contributed by atoms with Crippen molar-refractivity contribution in [2.45, 2.75) is 103 Å². The minimum Gasteiger partial charge on any atom is -0.494 e. The van der Waals surface area contributed by atoms with Crippen molar-refractivity contribution >= 4 is 5.97 Å². The average molecular weight is 511 g/mol. The summed E-state index contributed by atoms with van der Waals surface area (Å²) in [5, 5.41) is 0. The van der Waals surface area contributed by atoms with E-state index >= 15 is 0 Å². The van der Waals surface area contributed by atoms with Crippen LogP contribution in [0.3, 0.4) is 0 Å². The predicted octanol–water partition coefficient (Wildman–Crippen LogP) is 8.13. The number of hydrogen-bond acceptors (Lipinski definition) is 3. The van der Waals surface area contributed by atoms with Crippen LogP contribution < -0.4 is 4.74 Å². The van der Waals surface area contributed by atoms with Crippen LogP contribution in [0, 0.1) is 0 Å². The van der Waals surface area contributed by atoms with E-state index in [0.29, 0.717) is 17.7 Å². The SMILES string of the molecule is CCCCCCCCCc1cccc(OCCCCOC(=O)C(CCC)[N+](C)(C)Cc2ccccc2)c1. The summed E-state index contributed by atoms with van der Waals surface area (Å²) in [7, 11) is 4.26. The highest BCUT2D eigenvalue weighted by Gasteiger charge is 2.35. The smallest absolute Gasteiger partial charge is 0.364 e. The molecule has 2 aromatic carbocycles. The molecule has 4 heteroatoms. The predicted molar refractivity (Wildman–Crippen MR) is 155 cm³/mol. The van der Waals surface area contributed by atoms with Crippen LogP contribution >= 0.6 is 0 Å². The number of quaternary nitrogens is 1. The molecular weight excluding hydrogens is 458 g/mol. The second-order valence-corrected chi connectivity index (χ2v) is 11.0. The fourth-order valence-corrected chi connectivity index (χ4v) is 4.93. The summed E-state index contributed by atoms with van der Waals surface area (Å²) in [6.45, 7) is 6.30. The van der Waals surface area contributed by atoms with Crippen molar-refractivity contribution in [2.24, 2.45) is 0 Å². The molecular formula is C33H52NO3+. The van der Waals surface area contributed by atoms with Crippen LogP contribution in [0.4, 0.5) is 0 Å². The first-order chi connectivity index (χ1) is 18.0. The first kappa shape index (κ1) is 30.9. The Morgan fingerprint density at radius 2 is 1.43 bits per heavy atom. The van der Waals surface area contributed by atoms with Crippen molar-refractivity contribution in [2.75, 3.05) is 27.3 Å². The van der Waals surface area contributed by atoms with Gasteiger partial charge in [-0.15, -0.1) is 0 Å². The van der Waals surface area contributed by atoms with E-state index in [1.165, 1.54) is 56.1 Å². The fraction of sp³-hybridized carbons (Fsp3) is 0.606. The Balaban J connectivity index is 1.66. The number of aryl methyl sites for hydroxylation is 1. The summed E-state index contributed by atoms with van der Waals surface area (Å²) in [5.74, 6) is 0.863. The number of benzene rings is 2. The van der Waals surface area contributed by atoms with Gasteiger partial charge in [0, 0.05) is 12.0 Å². The molecule has 2 rings (SSSR count). The van der Waals surface area contributed by atoms with Gasteiger partial charge in [-0.3, -0.25) is 0 Å². The van der Waals surface area contributed by atoms with Gasteiger partial charge in [0.05, 0.1) is 27.3 Å². The first-order valence-electron chi connectivity index (χ1n) is 14.7. The van der Waals surface area contributed by atoms with Crippen LogP contribution in [-0.2, 0) is 22.5 Å². The summed E-state index contributed by atoms with van der Waals surface area (Å²) in [4.78, 5) is 13.0. The zero-order chi connectivity index (χ0) is 26.8. The molecule has 1 unspecified atom stereocenters. The van der Waals surface area contributed by atoms with E-state index < -0.39 is 0 Å². The zero-order valence-corrected chi connectivity index (χ0v) is 24.1. The Morgan fingerprint density at radius 1 is 0.757 bits per heavy atom. The maximum Gasteiger partial charge on any atom is 0.364 e. The molecule has 0 aliphatic rings. The van der Waals surface area contributed by atoms with Crippen molar-refractivity contribution in [1.29, 1.82) is 0 Å². The summed E-state index contributed by atoms with van der Waals surface area (Å²) in [6, 6.07) is 18.7. The molecule has 2 aromatic rings. The fourth-order valence-electron chi connectivity index (χ4n) is 4.93. The van der Waals surface area contributed by atoms with E-state index in [1.807, 2.05) is 12.1 Å². The quantitative estimate of drug-likeness (QED) is 0.102. The molecule has 0 radical (unpaired) electrons. The molecule has 206 valence electrons. The molecule has 0 bridgehead atoms. The van der Waals surface area contributed by atoms with Crippen LogP contribution in [0.1, 0.15) is 95.6 Å². The first-order valence-corrected chi connectivity index (χ1v) is 14.7. The molecule has 0 N–H and O–H groups in total. The molecule has 0 saturated carbocycles. The van der Waals surface area contributed by atoms with Gasteiger partial charge in [-0.25, -0.2) is 4.79 Å². The molecule has 0 aliphatic carbocycles. The maximum absolute atomic E-state index is 13.0. The monoisotopic (exact) mass is 510 g/mol. The standard InChI is InChI=1S/C33H52NO3/c1-5-7-8-9-10-11-13-20-29-23-18-24-31(27-29)36-25-16-17-26-37-33(35)32(19-6-2)34(3,4)28-30-21-14-12-15-22-30/h12,14-15,18,21-24,27,32H,5-11,13,16-17,19-20,25-26,28H2,1-4H3/q+1. The maximum atomic E-state index is 13.0. The number of nitrogens with zero attached hydrogens (tertiary/aromatic N) is 1. The number of carbonyl (C=O) groups excluding carboxylic acids is 1. The molecule has 37 heavy (non-hydrogen) atoms. The second kappa shape index (κ2) is 18.0. The Kier molecular flexibility index (Phi) is 15.0. The highest BCUT2D eigenvalue weighted by molar-refractivity contribution is 5.74. The highest BCUT2D eigenvalue weighted by atomic mass is 16.5. The number of ether oxygens (including phenoxy) is 2. The Bertz CT molecular complexity index is 865. The number of esters is 1. The molecule has 0 heterocycles. The molecule has 0 aliphatic heterocycles. The summed E-state index contributed by atoms with van der Waals surface area (Å²) in [6.07, 6.45) is 13.9. The van der Waals surface area contributed by atoms with Gasteiger partial charge in [0.25, 0.3) is 0 Å². The normalized spacial score (nSPS) is 12.3. The van der Waals surface area contributed by atoms with Crippen LogP contribution in [-0.4, -0.2) is 43.8 Å². The van der Waals surface area contributed by atoms with Gasteiger partial charge in [-0.2, -0.15) is 0 Å². The Labute approximate surface area is 227 Å². The molecule has 0 amide bonds. The zero-order valence-electron chi connectivity index (χ0n) is 24.1. The summed E-state index contributed by atoms with van der Waals surface area (Å²) < 4.78 is 12.3. The number of unbranched alkanes of at least 4 members (excludes halogenated alkanes) is 7. The van der Waals surface area contributed by atoms with Crippen molar-refractivity contribution in [3.63, 3.8) is 0 Å². The van der Waals surface area contributed by atoms with E-state index in [4.69, 9.17) is 9.47 Å². The summed E-state index contributed by atoms with van der Waals surface area (Å²) in [5.41, 5.74) is 2.60. The third kappa shape index (κ3) is 12.6. The van der Waals surface area contributed by atoms with Crippen molar-refractivity contribution < 1.29 is 18.8 Å². The van der Waals surface area contributed by atoms with E-state index in [2.05, 4.69) is 70.4 Å². The van der Waals surface area contributed by atoms with Crippen LogP contribution in [0.2, 0.25) is 0 Å². The van der Waals surface area contributed by atoms with E-state index in [1.54, 1.807) is 0 Å². The average Bonchev–Trinajstić information content (AvgIpc) is 2.89. The van der Waals surface area contributed by atoms with Gasteiger partial charge in [0.2, 0.25) is 0 Å². The van der Waals surface area contributed by atoms with Gasteiger partial charge >= 0.3 is 5.97 Å². The van der Waals surface area contributed by atoms with Gasteiger partial charge in [-0.1, -0.05) is 94.8 Å². The van der Waals surface area contributed by atoms with Crippen LogP contribution in [0.5, 0.6) is 5.75 Å². The summed E-state index contributed by atoms with van der Waals surface area (Å²) >= 11 is 0. The lowest BCUT2D eigenvalue weighted by molar-refractivity contribution is -0.920. The lowest BCUT2D eigenvalue weighted by atomic mass is 10.0. The van der Waals surface area contributed by atoms with Crippen molar-refractivity contribution in [3.8, 4) is 5.75 Å². The molecule has 4 nitrogen and oxygen atoms in total. The third-order valence-electron chi connectivity index (χ3n) is 7.13. The van der Waals surface area contributed by atoms with E-state index in [-0.39, 0.29) is 12.0 Å². The Morgan fingerprint density at radius 3 is 2.16 bits per heavy atom. The van der Waals surface area contributed by atoms with Crippen molar-refractivity contribution in [3.05, 3.63) is 65.7 Å². The molecule has 0 spiro atoms. The molecule has 0 aromatic heterocycles. The number of carbonyl (C=O) groups is 1. The van der Waals surface area contributed by atoms with Gasteiger partial charge < -0.3 is 14.0 Å². The number of hydrogen-bond donors (Lipinski definition) is 0. The Hall–Kier alpha value is -2.33. The lowest BCUT2D eigenvalue weighted by Crippen LogP contribution is -2.52. The van der Waals surface area contributed by atoms with Gasteiger partial charge in [0.15, 0.2) is 6.04 Å². The van der Waals surface area contributed by atoms with Crippen LogP contribution in [0.15, 0.2) is 54.6 Å². The van der Waals surface area contributed by atoms with Gasteiger partial charge in [-0.05, 0) is 49.8 Å². The highest BCUT2D eigenvalue weighted by Crippen LogP contribution is 2.20. The van der Waals surface area contributed by atoms with Crippen LogP contribution in [0.25, 0.3) is 0 Å². The molecule has 0 saturated heterocycles. The topological polar surface area (TPSA) is 35.5 Å². The molecule has 1 atom stereocenters. The second-order valence-electron chi connectivity index (χ2n) is 11.0. The third-order valence-corrected chi connectivity index (χ3v) is 7.13. The molecule has 0 fully saturated rings. The largest absolute Gasteiger partial charge is 0.494 e. The number of rotatable bonds is 20. The lowest BCUT2D eigenvalue weighted by Gasteiger charge is -2.36. The minimum absolute atomic E-state index is 0.0817. The van der Waals surface area contributed by atoms with Crippen molar-refractivity contribution in [1.82, 2.24) is 0 Å². The number of likely N-dealkylation sites (N-methyl/N-ethyl adjacent to an activating group) is 1. The van der Waals surface area contributed by atoms with E-state index in [9.17, 15) is 4.79 Å². The minimum atomic E-state index is -0.152. The van der Waals surface area contributed by atoms with Gasteiger partial charge in [0.1, 0.15) is 12.3 Å². The van der Waals surface area contributed by atoms with E-state index in [0.717, 1.165) is 44.4 Å².